The molecular formula is C30H23ClN2O5S. The zero-order valence-electron chi connectivity index (χ0n) is 21.1. The van der Waals surface area contributed by atoms with E-state index in [0.29, 0.717) is 37.1 Å². The van der Waals surface area contributed by atoms with E-state index in [-0.39, 0.29) is 19.0 Å². The first-order valence-corrected chi connectivity index (χ1v) is 13.6. The van der Waals surface area contributed by atoms with Gasteiger partial charge >= 0.3 is 5.97 Å². The molecule has 0 saturated carbocycles. The van der Waals surface area contributed by atoms with Gasteiger partial charge in [0.2, 0.25) is 6.79 Å². The van der Waals surface area contributed by atoms with E-state index in [9.17, 15) is 9.59 Å². The Labute approximate surface area is 232 Å². The molecule has 4 aromatic rings. The van der Waals surface area contributed by atoms with Gasteiger partial charge in [-0.1, -0.05) is 65.4 Å². The van der Waals surface area contributed by atoms with E-state index in [0.717, 1.165) is 22.3 Å². The van der Waals surface area contributed by atoms with Crippen molar-refractivity contribution in [3.8, 4) is 11.5 Å². The van der Waals surface area contributed by atoms with Crippen molar-refractivity contribution in [1.29, 1.82) is 0 Å². The molecule has 2 aliphatic heterocycles. The van der Waals surface area contributed by atoms with Crippen molar-refractivity contribution in [3.05, 3.63) is 119 Å². The minimum absolute atomic E-state index is 0.167. The van der Waals surface area contributed by atoms with Crippen molar-refractivity contribution in [1.82, 2.24) is 4.57 Å². The maximum absolute atomic E-state index is 14.0. The minimum atomic E-state index is -0.757. The van der Waals surface area contributed by atoms with Crippen molar-refractivity contribution in [2.45, 2.75) is 19.9 Å². The number of esters is 1. The predicted molar refractivity (Wildman–Crippen MR) is 150 cm³/mol. The number of fused-ring (bicyclic) bond motifs is 2. The summed E-state index contributed by atoms with van der Waals surface area (Å²) in [7, 11) is 0. The van der Waals surface area contributed by atoms with Crippen LogP contribution in [0.25, 0.3) is 11.8 Å². The molecule has 0 bridgehead atoms. The second kappa shape index (κ2) is 10.2. The lowest BCUT2D eigenvalue weighted by atomic mass is 9.93. The number of hydrogen-bond donors (Lipinski definition) is 0. The van der Waals surface area contributed by atoms with E-state index in [1.807, 2.05) is 67.6 Å². The Morgan fingerprint density at radius 2 is 1.85 bits per heavy atom. The molecule has 0 radical (unpaired) electrons. The van der Waals surface area contributed by atoms with Gasteiger partial charge in [-0.25, -0.2) is 9.79 Å². The SMILES string of the molecule is CCOC(=O)C1=C(c2ccccc2)N=c2sc(=Cc3cc4c(cc3C)OCO4)c(=O)n2[C@@H]1c1ccc(Cl)cc1. The van der Waals surface area contributed by atoms with E-state index in [2.05, 4.69) is 0 Å². The summed E-state index contributed by atoms with van der Waals surface area (Å²) in [4.78, 5) is 32.9. The van der Waals surface area contributed by atoms with Gasteiger partial charge in [0.1, 0.15) is 0 Å². The lowest BCUT2D eigenvalue weighted by molar-refractivity contribution is -0.138. The topological polar surface area (TPSA) is 79.1 Å². The van der Waals surface area contributed by atoms with Crippen LogP contribution in [0.15, 0.2) is 82.1 Å². The molecule has 3 aromatic carbocycles. The first kappa shape index (κ1) is 25.2. The molecular weight excluding hydrogens is 536 g/mol. The second-order valence-electron chi connectivity index (χ2n) is 9.05. The number of carbonyl (C=O) groups excluding carboxylic acids is 1. The van der Waals surface area contributed by atoms with Gasteiger partial charge in [0.15, 0.2) is 16.3 Å². The number of benzene rings is 3. The molecule has 1 atom stereocenters. The van der Waals surface area contributed by atoms with Crippen molar-refractivity contribution in [2.75, 3.05) is 13.4 Å². The van der Waals surface area contributed by atoms with Crippen molar-refractivity contribution in [2.24, 2.45) is 4.99 Å². The summed E-state index contributed by atoms with van der Waals surface area (Å²) in [6, 6.07) is 19.6. The van der Waals surface area contributed by atoms with Gasteiger partial charge in [0, 0.05) is 10.6 Å². The minimum Gasteiger partial charge on any atom is -0.463 e. The Balaban J connectivity index is 1.63. The maximum atomic E-state index is 14.0. The van der Waals surface area contributed by atoms with Gasteiger partial charge in [0.25, 0.3) is 5.56 Å². The lowest BCUT2D eigenvalue weighted by Crippen LogP contribution is -2.40. The Kier molecular flexibility index (Phi) is 6.58. The highest BCUT2D eigenvalue weighted by molar-refractivity contribution is 7.07. The molecule has 1 aromatic heterocycles. The number of rotatable bonds is 5. The first-order chi connectivity index (χ1) is 18.9. The Morgan fingerprint density at radius 3 is 2.56 bits per heavy atom. The fourth-order valence-electron chi connectivity index (χ4n) is 4.76. The summed E-state index contributed by atoms with van der Waals surface area (Å²) in [5.41, 5.74) is 3.76. The van der Waals surface area contributed by atoms with E-state index < -0.39 is 12.0 Å². The standard InChI is InChI=1S/C30H23ClN2O5S/c1-3-36-29(35)25-26(18-7-5-4-6-8-18)32-30-33(27(25)19-9-11-21(31)12-10-19)28(34)24(39-30)15-20-14-23-22(13-17(20)2)37-16-38-23/h4-15,27H,3,16H2,1-2H3/t27-/m1/s1. The third kappa shape index (κ3) is 4.56. The van der Waals surface area contributed by atoms with Crippen LogP contribution in [-0.2, 0) is 9.53 Å². The molecule has 0 amide bonds. The molecule has 9 heteroatoms. The van der Waals surface area contributed by atoms with Gasteiger partial charge in [-0.2, -0.15) is 0 Å². The number of aromatic nitrogens is 1. The smallest absolute Gasteiger partial charge is 0.338 e. The number of hydrogen-bond acceptors (Lipinski definition) is 7. The quantitative estimate of drug-likeness (QED) is 0.334. The molecule has 6 rings (SSSR count). The van der Waals surface area contributed by atoms with Crippen molar-refractivity contribution < 1.29 is 19.0 Å². The predicted octanol–water partition coefficient (Wildman–Crippen LogP) is 4.63. The van der Waals surface area contributed by atoms with Crippen molar-refractivity contribution >= 4 is 40.7 Å². The number of nitrogens with zero attached hydrogens (tertiary/aromatic N) is 2. The lowest BCUT2D eigenvalue weighted by Gasteiger charge is -2.25. The Bertz CT molecular complexity index is 1810. The molecule has 0 saturated heterocycles. The monoisotopic (exact) mass is 558 g/mol. The Hall–Kier alpha value is -4.14. The fourth-order valence-corrected chi connectivity index (χ4v) is 5.87. The third-order valence-electron chi connectivity index (χ3n) is 6.61. The molecule has 0 fully saturated rings. The van der Waals surface area contributed by atoms with Gasteiger partial charge < -0.3 is 14.2 Å². The van der Waals surface area contributed by atoms with Gasteiger partial charge in [-0.3, -0.25) is 9.36 Å². The summed E-state index contributed by atoms with van der Waals surface area (Å²) >= 11 is 7.46. The number of thiazole rings is 1. The molecule has 0 aliphatic carbocycles. The molecule has 0 unspecified atom stereocenters. The normalized spacial score (nSPS) is 16.2. The summed E-state index contributed by atoms with van der Waals surface area (Å²) in [5, 5.41) is 0.550. The van der Waals surface area contributed by atoms with Crippen LogP contribution in [0, 0.1) is 6.92 Å². The molecule has 0 N–H and O–H groups in total. The number of ether oxygens (including phenoxy) is 3. The Morgan fingerprint density at radius 1 is 1.13 bits per heavy atom. The highest BCUT2D eigenvalue weighted by Gasteiger charge is 2.35. The van der Waals surface area contributed by atoms with Crippen LogP contribution < -0.4 is 24.4 Å². The highest BCUT2D eigenvalue weighted by Crippen LogP contribution is 2.36. The highest BCUT2D eigenvalue weighted by atomic mass is 35.5. The summed E-state index contributed by atoms with van der Waals surface area (Å²) in [5.74, 6) is 0.788. The number of carbonyl (C=O) groups is 1. The molecule has 196 valence electrons. The third-order valence-corrected chi connectivity index (χ3v) is 7.84. The number of halogens is 1. The number of aryl methyl sites for hydroxylation is 1. The van der Waals surface area contributed by atoms with E-state index in [4.69, 9.17) is 30.8 Å². The van der Waals surface area contributed by atoms with Crippen LogP contribution in [0.3, 0.4) is 0 Å². The van der Waals surface area contributed by atoms with Gasteiger partial charge in [-0.05, 0) is 60.9 Å². The zero-order chi connectivity index (χ0) is 27.1. The van der Waals surface area contributed by atoms with Crippen LogP contribution in [0.5, 0.6) is 11.5 Å². The molecule has 0 spiro atoms. The van der Waals surface area contributed by atoms with Crippen LogP contribution in [0.4, 0.5) is 0 Å². The van der Waals surface area contributed by atoms with E-state index in [1.165, 1.54) is 11.3 Å². The van der Waals surface area contributed by atoms with Crippen molar-refractivity contribution in [3.63, 3.8) is 0 Å². The molecule has 3 heterocycles. The first-order valence-electron chi connectivity index (χ1n) is 12.4. The zero-order valence-corrected chi connectivity index (χ0v) is 22.7. The van der Waals surface area contributed by atoms with Crippen LogP contribution in [0.1, 0.15) is 35.2 Å². The largest absolute Gasteiger partial charge is 0.463 e. The average Bonchev–Trinajstić information content (AvgIpc) is 3.52. The summed E-state index contributed by atoms with van der Waals surface area (Å²) in [6.07, 6.45) is 1.83. The molecule has 7 nitrogen and oxygen atoms in total. The van der Waals surface area contributed by atoms with E-state index >= 15 is 0 Å². The van der Waals surface area contributed by atoms with Crippen LogP contribution in [-0.4, -0.2) is 23.9 Å². The van der Waals surface area contributed by atoms with Crippen LogP contribution >= 0.6 is 22.9 Å². The molecule has 2 aliphatic rings. The second-order valence-corrected chi connectivity index (χ2v) is 10.5. The average molecular weight is 559 g/mol. The summed E-state index contributed by atoms with van der Waals surface area (Å²) < 4.78 is 18.6. The van der Waals surface area contributed by atoms with Crippen LogP contribution in [0.2, 0.25) is 5.02 Å². The van der Waals surface area contributed by atoms with E-state index in [1.54, 1.807) is 23.6 Å². The molecule has 39 heavy (non-hydrogen) atoms. The summed E-state index contributed by atoms with van der Waals surface area (Å²) in [6.45, 7) is 4.06. The van der Waals surface area contributed by atoms with Gasteiger partial charge in [-0.15, -0.1) is 0 Å². The maximum Gasteiger partial charge on any atom is 0.338 e. The van der Waals surface area contributed by atoms with Gasteiger partial charge in [0.05, 0.1) is 28.5 Å². The fraction of sp³-hybridized carbons (Fsp3) is 0.167.